The highest BCUT2D eigenvalue weighted by atomic mass is 16.2. The smallest absolute Gasteiger partial charge is 0.109 e. The number of rotatable bonds is 2. The van der Waals surface area contributed by atoms with E-state index in [1.165, 1.54) is 0 Å². The van der Waals surface area contributed by atoms with Crippen LogP contribution in [0.25, 0.3) is 0 Å². The largest absolute Gasteiger partial charge is 0.462 e. The van der Waals surface area contributed by atoms with Gasteiger partial charge in [0.1, 0.15) is 6.11 Å². The normalized spacial score (nSPS) is 15.4. The number of hydrogen-bond acceptors (Lipinski definition) is 2. The molecular formula is C7H13NO. The van der Waals surface area contributed by atoms with Crippen molar-refractivity contribution in [2.24, 2.45) is 0 Å². The lowest BCUT2D eigenvalue weighted by atomic mass is 10.0. The van der Waals surface area contributed by atoms with Gasteiger partial charge in [-0.15, -0.1) is 0 Å². The lowest BCUT2D eigenvalue weighted by Gasteiger charge is -2.19. The molecule has 0 spiro atoms. The third kappa shape index (κ3) is 2.39. The molecule has 0 bridgehead atoms. The van der Waals surface area contributed by atoms with Gasteiger partial charge in [0, 0.05) is 0 Å². The molecular weight excluding hydrogens is 114 g/mol. The summed E-state index contributed by atoms with van der Waals surface area (Å²) in [4.78, 5) is 0. The van der Waals surface area contributed by atoms with Crippen molar-refractivity contribution in [2.75, 3.05) is 7.05 Å². The second-order valence-electron chi connectivity index (χ2n) is 2.17. The van der Waals surface area contributed by atoms with Crippen molar-refractivity contribution in [2.45, 2.75) is 25.8 Å². The van der Waals surface area contributed by atoms with Gasteiger partial charge < -0.3 is 10.4 Å². The Balaban J connectivity index is 4.03. The Morgan fingerprint density at radius 2 is 2.22 bits per heavy atom. The summed E-state index contributed by atoms with van der Waals surface area (Å²) in [5.41, 5.74) is -0.227. The van der Waals surface area contributed by atoms with E-state index in [-0.39, 0.29) is 5.54 Å². The first-order valence-corrected chi connectivity index (χ1v) is 3.03. The van der Waals surface area contributed by atoms with Gasteiger partial charge >= 0.3 is 0 Å². The summed E-state index contributed by atoms with van der Waals surface area (Å²) in [7, 11) is 1.83. The van der Waals surface area contributed by atoms with Crippen molar-refractivity contribution >= 4 is 0 Å². The lowest BCUT2D eigenvalue weighted by Crippen LogP contribution is -2.37. The number of nitrogens with one attached hydrogen (secondary N) is 1. The van der Waals surface area contributed by atoms with Gasteiger partial charge in [-0.1, -0.05) is 6.92 Å². The lowest BCUT2D eigenvalue weighted by molar-refractivity contribution is 0.465. The summed E-state index contributed by atoms with van der Waals surface area (Å²) in [6.07, 6.45) is 2.78. The number of hydrogen-bond donors (Lipinski definition) is 2. The molecule has 2 N–H and O–H groups in total. The fourth-order valence-electron chi connectivity index (χ4n) is 0.451. The first kappa shape index (κ1) is 8.32. The molecule has 0 aliphatic carbocycles. The Morgan fingerprint density at radius 3 is 2.33 bits per heavy atom. The van der Waals surface area contributed by atoms with Gasteiger partial charge in [-0.2, -0.15) is 0 Å². The summed E-state index contributed by atoms with van der Waals surface area (Å²) in [5.74, 6) is 2.65. The van der Waals surface area contributed by atoms with Gasteiger partial charge in [-0.25, -0.2) is 0 Å². The molecule has 1 atom stereocenters. The van der Waals surface area contributed by atoms with Crippen molar-refractivity contribution in [3.05, 3.63) is 0 Å². The second-order valence-corrected chi connectivity index (χ2v) is 2.17. The van der Waals surface area contributed by atoms with Crippen LogP contribution in [0.3, 0.4) is 0 Å². The second kappa shape index (κ2) is 3.37. The highest BCUT2D eigenvalue weighted by molar-refractivity contribution is 5.11. The van der Waals surface area contributed by atoms with E-state index in [9.17, 15) is 0 Å². The molecule has 2 nitrogen and oxygen atoms in total. The van der Waals surface area contributed by atoms with E-state index in [0.717, 1.165) is 6.42 Å². The van der Waals surface area contributed by atoms with Gasteiger partial charge in [0.2, 0.25) is 0 Å². The van der Waals surface area contributed by atoms with Crippen LogP contribution in [0.5, 0.6) is 0 Å². The molecule has 0 fully saturated rings. The van der Waals surface area contributed by atoms with E-state index in [0.29, 0.717) is 0 Å². The van der Waals surface area contributed by atoms with Crippen LogP contribution in [0.2, 0.25) is 0 Å². The van der Waals surface area contributed by atoms with Crippen LogP contribution < -0.4 is 5.32 Å². The minimum Gasteiger partial charge on any atom is -0.462 e. The topological polar surface area (TPSA) is 32.3 Å². The molecule has 0 amide bonds. The van der Waals surface area contributed by atoms with E-state index in [2.05, 4.69) is 11.2 Å². The molecule has 9 heavy (non-hydrogen) atoms. The van der Waals surface area contributed by atoms with Crippen LogP contribution in [0.15, 0.2) is 0 Å². The molecule has 1 unspecified atom stereocenters. The maximum atomic E-state index is 8.26. The SMILES string of the molecule is CCC(C)(C#CO)NC. The third-order valence-corrected chi connectivity index (χ3v) is 1.59. The average Bonchev–Trinajstić information content (AvgIpc) is 1.89. The first-order valence-electron chi connectivity index (χ1n) is 3.03. The quantitative estimate of drug-likeness (QED) is 0.535. The number of aliphatic hydroxyl groups excluding tert-OH is 1. The molecule has 0 aromatic heterocycles. The predicted molar refractivity (Wildman–Crippen MR) is 37.5 cm³/mol. The highest BCUT2D eigenvalue weighted by Crippen LogP contribution is 2.04. The van der Waals surface area contributed by atoms with Crippen molar-refractivity contribution in [3.8, 4) is 12.0 Å². The summed E-state index contributed by atoms with van der Waals surface area (Å²) < 4.78 is 0. The van der Waals surface area contributed by atoms with E-state index in [4.69, 9.17) is 5.11 Å². The van der Waals surface area contributed by atoms with E-state index < -0.39 is 0 Å². The van der Waals surface area contributed by atoms with Gasteiger partial charge in [0.25, 0.3) is 0 Å². The maximum absolute atomic E-state index is 8.26. The molecule has 0 saturated carbocycles. The first-order chi connectivity index (χ1) is 4.18. The van der Waals surface area contributed by atoms with E-state index >= 15 is 0 Å². The van der Waals surface area contributed by atoms with Crippen LogP contribution in [0, 0.1) is 12.0 Å². The molecule has 2 heteroatoms. The minimum atomic E-state index is -0.227. The minimum absolute atomic E-state index is 0.227. The fraction of sp³-hybridized carbons (Fsp3) is 0.714. The summed E-state index contributed by atoms with van der Waals surface area (Å²) in [6.45, 7) is 3.96. The van der Waals surface area contributed by atoms with Gasteiger partial charge in [0.15, 0.2) is 0 Å². The molecule has 0 saturated heterocycles. The molecule has 0 aliphatic rings. The van der Waals surface area contributed by atoms with Crippen LogP contribution in [0.4, 0.5) is 0 Å². The zero-order valence-corrected chi connectivity index (χ0v) is 6.15. The Morgan fingerprint density at radius 1 is 1.67 bits per heavy atom. The Labute approximate surface area is 56.3 Å². The van der Waals surface area contributed by atoms with Crippen molar-refractivity contribution in [1.29, 1.82) is 0 Å². The van der Waals surface area contributed by atoms with Crippen molar-refractivity contribution < 1.29 is 5.11 Å². The zero-order chi connectivity index (χ0) is 7.33. The monoisotopic (exact) mass is 127 g/mol. The van der Waals surface area contributed by atoms with E-state index in [1.54, 1.807) is 0 Å². The molecule has 52 valence electrons. The predicted octanol–water partition coefficient (Wildman–Crippen LogP) is 0.708. The van der Waals surface area contributed by atoms with Crippen molar-refractivity contribution in [3.63, 3.8) is 0 Å². The molecule has 0 heterocycles. The third-order valence-electron chi connectivity index (χ3n) is 1.59. The summed E-state index contributed by atoms with van der Waals surface area (Å²) in [5, 5.41) is 11.3. The molecule has 0 radical (unpaired) electrons. The Kier molecular flexibility index (Phi) is 3.11. The van der Waals surface area contributed by atoms with Gasteiger partial charge in [0.05, 0.1) is 5.54 Å². The van der Waals surface area contributed by atoms with Crippen LogP contribution in [-0.2, 0) is 0 Å². The Bertz CT molecular complexity index is 128. The molecule has 0 aromatic carbocycles. The van der Waals surface area contributed by atoms with E-state index in [1.807, 2.05) is 27.0 Å². The Hall–Kier alpha value is -0.680. The van der Waals surface area contributed by atoms with Crippen molar-refractivity contribution in [1.82, 2.24) is 5.32 Å². The average molecular weight is 127 g/mol. The number of aliphatic hydroxyl groups is 1. The van der Waals surface area contributed by atoms with Crippen LogP contribution in [0.1, 0.15) is 20.3 Å². The summed E-state index contributed by atoms with van der Waals surface area (Å²) in [6, 6.07) is 0. The maximum Gasteiger partial charge on any atom is 0.109 e. The molecule has 0 rings (SSSR count). The summed E-state index contributed by atoms with van der Waals surface area (Å²) >= 11 is 0. The van der Waals surface area contributed by atoms with Crippen LogP contribution in [-0.4, -0.2) is 17.7 Å². The highest BCUT2D eigenvalue weighted by Gasteiger charge is 2.14. The zero-order valence-electron chi connectivity index (χ0n) is 6.15. The standard InChI is InChI=1S/C7H13NO/c1-4-7(2,8-3)5-6-9/h8-9H,4H2,1-3H3. The van der Waals surface area contributed by atoms with Gasteiger partial charge in [-0.05, 0) is 26.3 Å². The fourth-order valence-corrected chi connectivity index (χ4v) is 0.451. The van der Waals surface area contributed by atoms with Gasteiger partial charge in [-0.3, -0.25) is 0 Å². The molecule has 0 aromatic rings. The molecule has 0 aliphatic heterocycles. The van der Waals surface area contributed by atoms with Crippen LogP contribution >= 0.6 is 0 Å².